The van der Waals surface area contributed by atoms with E-state index in [1.54, 1.807) is 17.9 Å². The summed E-state index contributed by atoms with van der Waals surface area (Å²) < 4.78 is 18.1. The molecular formula is C39H57ClN8O6. The number of aliphatic hydroxyl groups is 1. The number of hydrogen-bond donors (Lipinski definition) is 4. The zero-order chi connectivity index (χ0) is 37.4. The Kier molecular flexibility index (Phi) is 13.4. The van der Waals surface area contributed by atoms with Crippen LogP contribution in [0.1, 0.15) is 79.9 Å². The predicted molar refractivity (Wildman–Crippen MR) is 206 cm³/mol. The van der Waals surface area contributed by atoms with Crippen LogP contribution >= 0.6 is 11.6 Å². The second kappa shape index (κ2) is 18.6. The third-order valence-corrected chi connectivity index (χ3v) is 11.8. The Morgan fingerprint density at radius 1 is 1.07 bits per heavy atom. The van der Waals surface area contributed by atoms with Crippen molar-refractivity contribution in [3.05, 3.63) is 40.0 Å². The van der Waals surface area contributed by atoms with E-state index < -0.39 is 6.10 Å². The highest BCUT2D eigenvalue weighted by molar-refractivity contribution is 6.33. The van der Waals surface area contributed by atoms with Gasteiger partial charge in [-0.25, -0.2) is 4.98 Å². The average Bonchev–Trinajstić information content (AvgIpc) is 3.68. The van der Waals surface area contributed by atoms with Crippen molar-refractivity contribution >= 4 is 35.2 Å². The number of fused-ring (bicyclic) bond motifs is 1. The third kappa shape index (κ3) is 10.1. The molecule has 1 saturated carbocycles. The maximum atomic E-state index is 13.3. The van der Waals surface area contributed by atoms with Crippen LogP contribution in [-0.4, -0.2) is 133 Å². The van der Waals surface area contributed by atoms with Crippen molar-refractivity contribution in [3.63, 3.8) is 0 Å². The quantitative estimate of drug-likeness (QED) is 0.251. The normalized spacial score (nSPS) is 23.8. The number of amides is 2. The summed E-state index contributed by atoms with van der Waals surface area (Å²) in [6.07, 6.45) is 10.5. The van der Waals surface area contributed by atoms with Crippen LogP contribution in [-0.2, 0) is 27.2 Å². The Balaban J connectivity index is 0.880. The highest BCUT2D eigenvalue weighted by atomic mass is 35.5. The number of aromatic nitrogens is 2. The summed E-state index contributed by atoms with van der Waals surface area (Å²) in [7, 11) is 0. The van der Waals surface area contributed by atoms with Crippen LogP contribution in [0.3, 0.4) is 0 Å². The van der Waals surface area contributed by atoms with Gasteiger partial charge in [0.25, 0.3) is 5.91 Å². The van der Waals surface area contributed by atoms with E-state index in [1.807, 2.05) is 11.0 Å². The minimum absolute atomic E-state index is 0.000457. The van der Waals surface area contributed by atoms with E-state index in [1.165, 1.54) is 51.4 Å². The minimum atomic E-state index is -0.782. The molecule has 1 aromatic heterocycles. The van der Waals surface area contributed by atoms with Crippen molar-refractivity contribution in [1.82, 2.24) is 30.4 Å². The molecule has 4 aliphatic heterocycles. The maximum absolute atomic E-state index is 13.3. The smallest absolute Gasteiger partial charge is 0.270 e. The second-order valence-corrected chi connectivity index (χ2v) is 15.9. The number of ether oxygens (including phenoxy) is 3. The van der Waals surface area contributed by atoms with Gasteiger partial charge in [0.2, 0.25) is 11.9 Å². The molecule has 0 bridgehead atoms. The van der Waals surface area contributed by atoms with Crippen molar-refractivity contribution in [2.24, 2.45) is 5.92 Å². The van der Waals surface area contributed by atoms with Gasteiger partial charge in [-0.1, -0.05) is 56.2 Å². The zero-order valence-corrected chi connectivity index (χ0v) is 32.3. The third-order valence-electron chi connectivity index (χ3n) is 11.4. The average molecular weight is 769 g/mol. The summed E-state index contributed by atoms with van der Waals surface area (Å²) in [5, 5.41) is 21.5. The summed E-state index contributed by atoms with van der Waals surface area (Å²) in [5.41, 5.74) is 2.41. The van der Waals surface area contributed by atoms with Gasteiger partial charge in [0, 0.05) is 71.9 Å². The predicted octanol–water partition coefficient (Wildman–Crippen LogP) is 3.20. The first-order valence-electron chi connectivity index (χ1n) is 20.0. The van der Waals surface area contributed by atoms with Crippen LogP contribution in [0.4, 0.5) is 11.8 Å². The van der Waals surface area contributed by atoms with E-state index in [-0.39, 0.29) is 42.4 Å². The SMILES string of the molecule is CC(=O)N1CC(Nc2cc(C(=O)NC[C@H](O)CN3CCc4c(ccc(OCC5CNC(C6CCCCCCCC6)O5)c4Cl)C3)nc(N3CCOCC3)n2)C1. The molecule has 5 heterocycles. The van der Waals surface area contributed by atoms with Crippen molar-refractivity contribution < 1.29 is 28.9 Å². The fourth-order valence-electron chi connectivity index (χ4n) is 8.22. The Bertz CT molecular complexity index is 1580. The number of carbonyl (C=O) groups is 2. The van der Waals surface area contributed by atoms with Gasteiger partial charge in [-0.3, -0.25) is 19.8 Å². The molecule has 14 nitrogen and oxygen atoms in total. The second-order valence-electron chi connectivity index (χ2n) is 15.5. The fourth-order valence-corrected chi connectivity index (χ4v) is 8.56. The lowest BCUT2D eigenvalue weighted by Crippen LogP contribution is -2.56. The molecule has 7 rings (SSSR count). The number of halogens is 1. The molecule has 4 fully saturated rings. The van der Waals surface area contributed by atoms with Crippen LogP contribution in [0.25, 0.3) is 0 Å². The first kappa shape index (κ1) is 39.0. The summed E-state index contributed by atoms with van der Waals surface area (Å²) >= 11 is 6.90. The molecule has 5 aliphatic rings. The van der Waals surface area contributed by atoms with Gasteiger partial charge in [0.15, 0.2) is 0 Å². The molecular weight excluding hydrogens is 712 g/mol. The molecule has 54 heavy (non-hydrogen) atoms. The molecule has 4 N–H and O–H groups in total. The number of nitrogens with zero attached hydrogens (tertiary/aromatic N) is 5. The van der Waals surface area contributed by atoms with E-state index in [2.05, 4.69) is 36.9 Å². The topological polar surface area (TPSA) is 154 Å². The molecule has 2 amide bonds. The number of anilines is 2. The van der Waals surface area contributed by atoms with Crippen LogP contribution in [0.5, 0.6) is 5.75 Å². The molecule has 1 aromatic carbocycles. The molecule has 3 atom stereocenters. The lowest BCUT2D eigenvalue weighted by Gasteiger charge is -2.39. The lowest BCUT2D eigenvalue weighted by atomic mass is 9.95. The van der Waals surface area contributed by atoms with E-state index in [4.69, 9.17) is 25.8 Å². The van der Waals surface area contributed by atoms with Gasteiger partial charge in [-0.2, -0.15) is 4.98 Å². The van der Waals surface area contributed by atoms with Gasteiger partial charge in [-0.15, -0.1) is 0 Å². The number of β-amino-alcohol motifs (C(OH)–C–C–N with tert-alkyl or cyclic N) is 1. The Hall–Kier alpha value is -3.27. The Morgan fingerprint density at radius 3 is 2.59 bits per heavy atom. The number of hydrogen-bond acceptors (Lipinski definition) is 12. The summed E-state index contributed by atoms with van der Waals surface area (Å²) in [4.78, 5) is 40.2. The number of aliphatic hydroxyl groups excluding tert-OH is 1. The van der Waals surface area contributed by atoms with E-state index in [0.29, 0.717) is 87.5 Å². The van der Waals surface area contributed by atoms with Gasteiger partial charge in [0.05, 0.1) is 30.4 Å². The van der Waals surface area contributed by atoms with E-state index >= 15 is 0 Å². The van der Waals surface area contributed by atoms with Crippen LogP contribution in [0.2, 0.25) is 5.02 Å². The number of benzene rings is 1. The molecule has 3 saturated heterocycles. The summed E-state index contributed by atoms with van der Waals surface area (Å²) in [5.74, 6) is 1.88. The van der Waals surface area contributed by atoms with Crippen molar-refractivity contribution in [2.75, 3.05) is 82.4 Å². The summed E-state index contributed by atoms with van der Waals surface area (Å²) in [6.45, 7) is 8.16. The zero-order valence-electron chi connectivity index (χ0n) is 31.6. The van der Waals surface area contributed by atoms with Gasteiger partial charge >= 0.3 is 0 Å². The van der Waals surface area contributed by atoms with Crippen LogP contribution in [0, 0.1) is 5.92 Å². The Morgan fingerprint density at radius 2 is 1.83 bits per heavy atom. The minimum Gasteiger partial charge on any atom is -0.489 e. The van der Waals surface area contributed by atoms with Crippen molar-refractivity contribution in [3.8, 4) is 5.75 Å². The Labute approximate surface area is 323 Å². The number of morpholine rings is 1. The molecule has 2 aromatic rings. The van der Waals surface area contributed by atoms with Crippen molar-refractivity contribution in [1.29, 1.82) is 0 Å². The summed E-state index contributed by atoms with van der Waals surface area (Å²) in [6, 6.07) is 5.68. The largest absolute Gasteiger partial charge is 0.489 e. The van der Waals surface area contributed by atoms with Crippen LogP contribution in [0.15, 0.2) is 18.2 Å². The molecule has 15 heteroatoms. The van der Waals surface area contributed by atoms with Crippen LogP contribution < -0.4 is 25.6 Å². The highest BCUT2D eigenvalue weighted by Crippen LogP contribution is 2.35. The van der Waals surface area contributed by atoms with E-state index in [9.17, 15) is 14.7 Å². The highest BCUT2D eigenvalue weighted by Gasteiger charge is 2.32. The molecule has 0 spiro atoms. The fraction of sp³-hybridized carbons (Fsp3) is 0.692. The standard InChI is InChI=1S/C39H57ClN8O6/c1-26(49)48-22-29(23-48)43-35-18-33(44-39(45-35)47-14-16-52-17-15-47)37(51)41-19-30(50)24-46-13-12-32-28(21-46)10-11-34(36(32)40)53-25-31-20-42-38(54-31)27-8-6-4-2-3-5-7-9-27/h10-11,18,27,29-31,38,42,50H,2-9,12-17,19-25H2,1H3,(H,41,51)(H,43,44,45)/t30-,31?,38?/m0/s1. The first-order chi connectivity index (χ1) is 26.3. The lowest BCUT2D eigenvalue weighted by molar-refractivity contribution is -0.132. The first-order valence-corrected chi connectivity index (χ1v) is 20.4. The van der Waals surface area contributed by atoms with Gasteiger partial charge in [0.1, 0.15) is 36.2 Å². The van der Waals surface area contributed by atoms with Gasteiger partial charge in [-0.05, 0) is 42.4 Å². The van der Waals surface area contributed by atoms with Crippen molar-refractivity contribution in [2.45, 2.75) is 95.7 Å². The monoisotopic (exact) mass is 768 g/mol. The molecule has 296 valence electrons. The number of nitrogens with one attached hydrogen (secondary N) is 3. The van der Waals surface area contributed by atoms with E-state index in [0.717, 1.165) is 30.6 Å². The molecule has 1 aliphatic carbocycles. The number of rotatable bonds is 12. The molecule has 2 unspecified atom stereocenters. The van der Waals surface area contributed by atoms with Gasteiger partial charge < -0.3 is 39.8 Å². The molecule has 0 radical (unpaired) electrons. The number of likely N-dealkylation sites (tertiary alicyclic amines) is 1. The number of carbonyl (C=O) groups excluding carboxylic acids is 2. The maximum Gasteiger partial charge on any atom is 0.270 e.